The van der Waals surface area contributed by atoms with Crippen molar-refractivity contribution in [1.82, 2.24) is 14.8 Å². The van der Waals surface area contributed by atoms with E-state index in [1.165, 1.54) is 6.07 Å². The molecule has 6 nitrogen and oxygen atoms in total. The number of benzene rings is 1. The highest BCUT2D eigenvalue weighted by Gasteiger charge is 2.24. The van der Waals surface area contributed by atoms with Gasteiger partial charge in [-0.05, 0) is 39.3 Å². The summed E-state index contributed by atoms with van der Waals surface area (Å²) in [7, 11) is 0. The monoisotopic (exact) mass is 352 g/mol. The first-order valence-corrected chi connectivity index (χ1v) is 7.63. The fourth-order valence-corrected chi connectivity index (χ4v) is 2.66. The lowest BCUT2D eigenvalue weighted by atomic mass is 10.1. The molecule has 0 bridgehead atoms. The summed E-state index contributed by atoms with van der Waals surface area (Å²) in [5, 5.41) is 20.0. The molecule has 0 saturated heterocycles. The largest absolute Gasteiger partial charge is 0.305 e. The first-order valence-electron chi connectivity index (χ1n) is 6.51. The topological polar surface area (TPSA) is 73.8 Å². The molecule has 1 aromatic carbocycles. The van der Waals surface area contributed by atoms with Gasteiger partial charge in [0, 0.05) is 23.2 Å². The third-order valence-corrected chi connectivity index (χ3v) is 3.55. The minimum absolute atomic E-state index is 0.0638. The van der Waals surface area contributed by atoms with Gasteiger partial charge in [0.25, 0.3) is 5.69 Å². The molecule has 2 aromatic rings. The van der Waals surface area contributed by atoms with Crippen LogP contribution in [0.1, 0.15) is 32.2 Å². The summed E-state index contributed by atoms with van der Waals surface area (Å²) in [5.41, 5.74) is 1.37. The third kappa shape index (κ3) is 3.12. The average Bonchev–Trinajstić information content (AvgIpc) is 2.81. The van der Waals surface area contributed by atoms with Crippen molar-refractivity contribution in [3.63, 3.8) is 0 Å². The number of alkyl halides is 1. The molecule has 0 N–H and O–H groups in total. The van der Waals surface area contributed by atoms with E-state index < -0.39 is 0 Å². The summed E-state index contributed by atoms with van der Waals surface area (Å²) in [5.74, 6) is 1.44. The van der Waals surface area contributed by atoms with Crippen LogP contribution >= 0.6 is 15.9 Å². The highest BCUT2D eigenvalue weighted by molar-refractivity contribution is 9.08. The van der Waals surface area contributed by atoms with Gasteiger partial charge in [0.15, 0.2) is 5.82 Å². The Balaban J connectivity index is 2.68. The van der Waals surface area contributed by atoms with Gasteiger partial charge in [0.1, 0.15) is 5.82 Å². The number of hydrogen-bond acceptors (Lipinski definition) is 4. The zero-order chi connectivity index (χ0) is 15.8. The lowest BCUT2D eigenvalue weighted by Crippen LogP contribution is -2.24. The zero-order valence-corrected chi connectivity index (χ0v) is 14.0. The molecule has 0 amide bonds. The number of nitrogens with zero attached hydrogens (tertiary/aromatic N) is 4. The predicted octanol–water partition coefficient (Wildman–Crippen LogP) is 3.81. The van der Waals surface area contributed by atoms with Crippen LogP contribution < -0.4 is 0 Å². The molecule has 0 aliphatic heterocycles. The van der Waals surface area contributed by atoms with E-state index in [4.69, 9.17) is 0 Å². The second kappa shape index (κ2) is 5.55. The number of halogens is 1. The molecule has 21 heavy (non-hydrogen) atoms. The third-order valence-electron chi connectivity index (χ3n) is 3.05. The lowest BCUT2D eigenvalue weighted by Gasteiger charge is -2.24. The van der Waals surface area contributed by atoms with E-state index in [9.17, 15) is 10.1 Å². The first-order chi connectivity index (χ1) is 9.74. The van der Waals surface area contributed by atoms with E-state index in [0.717, 1.165) is 11.4 Å². The SMILES string of the molecule is Cc1cc(-c2nnc(CBr)n2C(C)(C)C)cc([N+](=O)[O-])c1. The van der Waals surface area contributed by atoms with E-state index in [0.29, 0.717) is 16.7 Å². The van der Waals surface area contributed by atoms with Crippen LogP contribution in [-0.4, -0.2) is 19.7 Å². The lowest BCUT2D eigenvalue weighted by molar-refractivity contribution is -0.384. The van der Waals surface area contributed by atoms with Crippen molar-refractivity contribution in [2.24, 2.45) is 0 Å². The molecule has 2 rings (SSSR count). The van der Waals surface area contributed by atoms with Crippen LogP contribution in [0.3, 0.4) is 0 Å². The van der Waals surface area contributed by atoms with Gasteiger partial charge in [-0.25, -0.2) is 0 Å². The molecular formula is C14H17BrN4O2. The molecule has 0 spiro atoms. The molecule has 0 fully saturated rings. The number of nitro groups is 1. The minimum atomic E-state index is -0.389. The van der Waals surface area contributed by atoms with Crippen molar-refractivity contribution < 1.29 is 4.92 Å². The number of aryl methyl sites for hydroxylation is 1. The molecule has 0 unspecified atom stereocenters. The molecule has 112 valence electrons. The number of rotatable bonds is 3. The van der Waals surface area contributed by atoms with Gasteiger partial charge in [-0.2, -0.15) is 0 Å². The maximum atomic E-state index is 11.0. The van der Waals surface area contributed by atoms with Gasteiger partial charge in [-0.15, -0.1) is 10.2 Å². The van der Waals surface area contributed by atoms with Crippen LogP contribution in [0.4, 0.5) is 5.69 Å². The quantitative estimate of drug-likeness (QED) is 0.478. The molecule has 0 radical (unpaired) electrons. The van der Waals surface area contributed by atoms with Crippen molar-refractivity contribution in [2.45, 2.75) is 38.6 Å². The summed E-state index contributed by atoms with van der Waals surface area (Å²) < 4.78 is 2.00. The Morgan fingerprint density at radius 1 is 1.29 bits per heavy atom. The first kappa shape index (κ1) is 15.6. The Morgan fingerprint density at radius 2 is 1.95 bits per heavy atom. The van der Waals surface area contributed by atoms with Crippen LogP contribution in [0.2, 0.25) is 0 Å². The predicted molar refractivity (Wildman–Crippen MR) is 84.5 cm³/mol. The molecule has 0 saturated carbocycles. The number of hydrogen-bond donors (Lipinski definition) is 0. The second-order valence-electron chi connectivity index (χ2n) is 5.89. The normalized spacial score (nSPS) is 11.7. The standard InChI is InChI=1S/C14H17BrN4O2/c1-9-5-10(7-11(6-9)19(20)21)13-17-16-12(8-15)18(13)14(2,3)4/h5-7H,8H2,1-4H3. The fourth-order valence-electron chi connectivity index (χ4n) is 2.29. The van der Waals surface area contributed by atoms with Crippen LogP contribution in [0.5, 0.6) is 0 Å². The van der Waals surface area contributed by atoms with Gasteiger partial charge < -0.3 is 4.57 Å². The van der Waals surface area contributed by atoms with Crippen molar-refractivity contribution in [2.75, 3.05) is 0 Å². The van der Waals surface area contributed by atoms with Crippen molar-refractivity contribution >= 4 is 21.6 Å². The Labute approximate surface area is 131 Å². The second-order valence-corrected chi connectivity index (χ2v) is 6.45. The molecule has 0 aliphatic rings. The smallest absolute Gasteiger partial charge is 0.270 e. The summed E-state index contributed by atoms with van der Waals surface area (Å²) in [6.45, 7) is 7.99. The summed E-state index contributed by atoms with van der Waals surface area (Å²) in [4.78, 5) is 10.6. The number of non-ortho nitro benzene ring substituents is 1. The van der Waals surface area contributed by atoms with Crippen LogP contribution in [0, 0.1) is 17.0 Å². The molecule has 7 heteroatoms. The minimum Gasteiger partial charge on any atom is -0.305 e. The van der Waals surface area contributed by atoms with Gasteiger partial charge in [-0.1, -0.05) is 15.9 Å². The summed E-state index contributed by atoms with van der Waals surface area (Å²) in [6.07, 6.45) is 0. The Kier molecular flexibility index (Phi) is 4.13. The highest BCUT2D eigenvalue weighted by atomic mass is 79.9. The van der Waals surface area contributed by atoms with Gasteiger partial charge in [0.2, 0.25) is 0 Å². The van der Waals surface area contributed by atoms with Crippen molar-refractivity contribution in [3.05, 3.63) is 39.7 Å². The maximum Gasteiger partial charge on any atom is 0.270 e. The molecule has 1 aromatic heterocycles. The van der Waals surface area contributed by atoms with Crippen LogP contribution in [0.25, 0.3) is 11.4 Å². The fraction of sp³-hybridized carbons (Fsp3) is 0.429. The average molecular weight is 353 g/mol. The Bertz CT molecular complexity index is 689. The number of nitro benzene ring substituents is 1. The highest BCUT2D eigenvalue weighted by Crippen LogP contribution is 2.30. The van der Waals surface area contributed by atoms with Gasteiger partial charge in [0.05, 0.1) is 10.3 Å². The zero-order valence-electron chi connectivity index (χ0n) is 12.4. The molecule has 0 aliphatic carbocycles. The molecule has 1 heterocycles. The van der Waals surface area contributed by atoms with Crippen LogP contribution in [0.15, 0.2) is 18.2 Å². The van der Waals surface area contributed by atoms with Gasteiger partial charge >= 0.3 is 0 Å². The van der Waals surface area contributed by atoms with Crippen LogP contribution in [-0.2, 0) is 10.9 Å². The Hall–Kier alpha value is -1.76. The molecular weight excluding hydrogens is 336 g/mol. The van der Waals surface area contributed by atoms with Crippen molar-refractivity contribution in [1.29, 1.82) is 0 Å². The maximum absolute atomic E-state index is 11.0. The summed E-state index contributed by atoms with van der Waals surface area (Å²) in [6, 6.07) is 4.97. The summed E-state index contributed by atoms with van der Waals surface area (Å²) >= 11 is 3.41. The van der Waals surface area contributed by atoms with Gasteiger partial charge in [-0.3, -0.25) is 10.1 Å². The van der Waals surface area contributed by atoms with E-state index in [2.05, 4.69) is 46.9 Å². The van der Waals surface area contributed by atoms with Crippen molar-refractivity contribution in [3.8, 4) is 11.4 Å². The van der Waals surface area contributed by atoms with E-state index in [-0.39, 0.29) is 16.1 Å². The van der Waals surface area contributed by atoms with E-state index >= 15 is 0 Å². The Morgan fingerprint density at radius 3 is 2.48 bits per heavy atom. The number of aromatic nitrogens is 3. The molecule has 0 atom stereocenters. The van der Waals surface area contributed by atoms with E-state index in [1.807, 2.05) is 17.6 Å². The van der Waals surface area contributed by atoms with E-state index in [1.54, 1.807) is 6.07 Å².